The van der Waals surface area contributed by atoms with Crippen LogP contribution in [0.25, 0.3) is 10.9 Å². The lowest BCUT2D eigenvalue weighted by atomic mass is 10.1. The van der Waals surface area contributed by atoms with E-state index in [2.05, 4.69) is 9.88 Å². The second-order valence-corrected chi connectivity index (χ2v) is 6.83. The summed E-state index contributed by atoms with van der Waals surface area (Å²) < 4.78 is 5.79. The van der Waals surface area contributed by atoms with E-state index < -0.39 is 5.97 Å². The third kappa shape index (κ3) is 4.67. The summed E-state index contributed by atoms with van der Waals surface area (Å²) in [6.45, 7) is 3.64. The quantitative estimate of drug-likeness (QED) is 0.848. The zero-order valence-corrected chi connectivity index (χ0v) is 14.9. The molecule has 1 unspecified atom stereocenters. The first-order valence-electron chi connectivity index (χ1n) is 8.29. The number of benzene rings is 1. The molecule has 2 heterocycles. The summed E-state index contributed by atoms with van der Waals surface area (Å²) in [5, 5.41) is 10.5. The van der Waals surface area contributed by atoms with Gasteiger partial charge in [0.2, 0.25) is 0 Å². The highest BCUT2D eigenvalue weighted by atomic mass is 35.5. The van der Waals surface area contributed by atoms with Gasteiger partial charge in [0.25, 0.3) is 0 Å². The molecule has 0 saturated carbocycles. The monoisotopic (exact) mass is 363 g/mol. The molecule has 0 aliphatic carbocycles. The van der Waals surface area contributed by atoms with Gasteiger partial charge in [-0.2, -0.15) is 0 Å². The Labute approximate surface area is 152 Å². The summed E-state index contributed by atoms with van der Waals surface area (Å²) in [5.74, 6) is -0.825. The molecule has 1 atom stereocenters. The van der Waals surface area contributed by atoms with Gasteiger partial charge in [0, 0.05) is 42.8 Å². The Morgan fingerprint density at radius 3 is 3.12 bits per heavy atom. The van der Waals surface area contributed by atoms with Gasteiger partial charge in [-0.25, -0.2) is 0 Å². The molecule has 25 heavy (non-hydrogen) atoms. The van der Waals surface area contributed by atoms with Crippen molar-refractivity contribution in [3.05, 3.63) is 41.0 Å². The molecule has 0 bridgehead atoms. The number of carboxylic acids is 1. The number of carboxylic acid groups (broad SMARTS) is 1. The van der Waals surface area contributed by atoms with Crippen molar-refractivity contribution in [3.8, 4) is 0 Å². The van der Waals surface area contributed by atoms with Gasteiger partial charge >= 0.3 is 5.97 Å². The van der Waals surface area contributed by atoms with Gasteiger partial charge in [0.05, 0.1) is 24.8 Å². The second-order valence-electron chi connectivity index (χ2n) is 6.42. The highest BCUT2D eigenvalue weighted by molar-refractivity contribution is 6.35. The molecule has 1 aliphatic heterocycles. The number of hydrogen-bond donors (Lipinski definition) is 1. The summed E-state index contributed by atoms with van der Waals surface area (Å²) in [7, 11) is 1.80. The number of fused-ring (bicyclic) bond motifs is 1. The minimum atomic E-state index is -0.825. The molecule has 3 rings (SSSR count). The molecule has 0 spiro atoms. The zero-order valence-electron chi connectivity index (χ0n) is 14.2. The predicted octanol–water partition coefficient (Wildman–Crippen LogP) is 2.11. The zero-order chi connectivity index (χ0) is 17.8. The second kappa shape index (κ2) is 8.10. The molecule has 1 fully saturated rings. The number of hydrogen-bond acceptors (Lipinski definition) is 5. The third-order valence-electron chi connectivity index (χ3n) is 4.34. The van der Waals surface area contributed by atoms with Crippen molar-refractivity contribution in [2.75, 3.05) is 39.8 Å². The summed E-state index contributed by atoms with van der Waals surface area (Å²) >= 11 is 6.27. The Balaban J connectivity index is 1.67. The fourth-order valence-corrected chi connectivity index (χ4v) is 3.46. The lowest BCUT2D eigenvalue weighted by molar-refractivity contribution is -0.138. The lowest BCUT2D eigenvalue weighted by Crippen LogP contribution is -2.47. The van der Waals surface area contributed by atoms with E-state index in [1.165, 1.54) is 0 Å². The van der Waals surface area contributed by atoms with Crippen molar-refractivity contribution in [1.29, 1.82) is 0 Å². The number of rotatable bonds is 6. The molecule has 1 N–H and O–H groups in total. The molecule has 1 aromatic carbocycles. The number of halogens is 1. The highest BCUT2D eigenvalue weighted by Crippen LogP contribution is 2.26. The van der Waals surface area contributed by atoms with Crippen LogP contribution in [0.15, 0.2) is 30.5 Å². The Morgan fingerprint density at radius 1 is 1.48 bits per heavy atom. The Hall–Kier alpha value is -1.73. The van der Waals surface area contributed by atoms with E-state index in [0.29, 0.717) is 18.2 Å². The van der Waals surface area contributed by atoms with E-state index in [-0.39, 0.29) is 12.6 Å². The van der Waals surface area contributed by atoms with Gasteiger partial charge in [0.15, 0.2) is 0 Å². The average molecular weight is 364 g/mol. The van der Waals surface area contributed by atoms with Gasteiger partial charge in [0.1, 0.15) is 0 Å². The van der Waals surface area contributed by atoms with E-state index in [1.54, 1.807) is 18.1 Å². The normalized spacial score (nSPS) is 18.8. The SMILES string of the molecule is CN(CC(=O)O)CC1CN(Cc2ccc(Cl)c3cccnc23)CCO1. The van der Waals surface area contributed by atoms with Crippen molar-refractivity contribution in [2.24, 2.45) is 0 Å². The smallest absolute Gasteiger partial charge is 0.317 e. The van der Waals surface area contributed by atoms with Crippen LogP contribution in [0.3, 0.4) is 0 Å². The third-order valence-corrected chi connectivity index (χ3v) is 4.67. The molecule has 7 heteroatoms. The predicted molar refractivity (Wildman–Crippen MR) is 96.9 cm³/mol. The maximum Gasteiger partial charge on any atom is 0.317 e. The van der Waals surface area contributed by atoms with E-state index in [4.69, 9.17) is 21.4 Å². The number of nitrogens with zero attached hydrogens (tertiary/aromatic N) is 3. The number of pyridine rings is 1. The van der Waals surface area contributed by atoms with Crippen LogP contribution in [0, 0.1) is 0 Å². The first-order valence-corrected chi connectivity index (χ1v) is 8.67. The van der Waals surface area contributed by atoms with Gasteiger partial charge < -0.3 is 9.84 Å². The molecule has 6 nitrogen and oxygen atoms in total. The van der Waals surface area contributed by atoms with Crippen LogP contribution < -0.4 is 0 Å². The first-order chi connectivity index (χ1) is 12.0. The number of aromatic nitrogens is 1. The lowest BCUT2D eigenvalue weighted by Gasteiger charge is -2.34. The molecule has 1 aliphatic rings. The van der Waals surface area contributed by atoms with Crippen LogP contribution in [0.4, 0.5) is 0 Å². The summed E-state index contributed by atoms with van der Waals surface area (Å²) in [5.41, 5.74) is 2.07. The topological polar surface area (TPSA) is 65.9 Å². The molecule has 2 aromatic rings. The molecule has 1 saturated heterocycles. The Kier molecular flexibility index (Phi) is 5.86. The van der Waals surface area contributed by atoms with Gasteiger partial charge in [-0.15, -0.1) is 0 Å². The summed E-state index contributed by atoms with van der Waals surface area (Å²) in [4.78, 5) is 19.4. The first kappa shape index (κ1) is 18.1. The van der Waals surface area contributed by atoms with E-state index in [1.807, 2.05) is 24.3 Å². The van der Waals surface area contributed by atoms with E-state index >= 15 is 0 Å². The van der Waals surface area contributed by atoms with Gasteiger partial charge in [-0.3, -0.25) is 19.6 Å². The largest absolute Gasteiger partial charge is 0.480 e. The maximum absolute atomic E-state index is 10.8. The number of morpholine rings is 1. The number of aliphatic carboxylic acids is 1. The average Bonchev–Trinajstić information content (AvgIpc) is 2.57. The van der Waals surface area contributed by atoms with Crippen molar-refractivity contribution in [1.82, 2.24) is 14.8 Å². The minimum absolute atomic E-state index is 0.00428. The molecule has 0 amide bonds. The molecule has 0 radical (unpaired) electrons. The Morgan fingerprint density at radius 2 is 2.32 bits per heavy atom. The summed E-state index contributed by atoms with van der Waals surface area (Å²) in [6, 6.07) is 7.82. The highest BCUT2D eigenvalue weighted by Gasteiger charge is 2.23. The van der Waals surface area contributed by atoms with Gasteiger partial charge in [-0.05, 0) is 30.8 Å². The van der Waals surface area contributed by atoms with Crippen LogP contribution in [-0.2, 0) is 16.1 Å². The van der Waals surface area contributed by atoms with Crippen LogP contribution in [0.1, 0.15) is 5.56 Å². The number of carbonyl (C=O) groups is 1. The van der Waals surface area contributed by atoms with Crippen molar-refractivity contribution < 1.29 is 14.6 Å². The standard InChI is InChI=1S/C18H22ClN3O3/c1-21(12-17(23)24)10-14-11-22(7-8-25-14)9-13-4-5-16(19)15-3-2-6-20-18(13)15/h2-6,14H,7-12H2,1H3,(H,23,24). The number of ether oxygens (including phenoxy) is 1. The van der Waals surface area contributed by atoms with Crippen LogP contribution in [0.2, 0.25) is 5.02 Å². The maximum atomic E-state index is 10.8. The van der Waals surface area contributed by atoms with Crippen molar-refractivity contribution in [3.63, 3.8) is 0 Å². The Bertz CT molecular complexity index is 755. The van der Waals surface area contributed by atoms with Crippen molar-refractivity contribution >= 4 is 28.5 Å². The van der Waals surface area contributed by atoms with Gasteiger partial charge in [-0.1, -0.05) is 17.7 Å². The van der Waals surface area contributed by atoms with Crippen molar-refractivity contribution in [2.45, 2.75) is 12.6 Å². The summed E-state index contributed by atoms with van der Waals surface area (Å²) in [6.07, 6.45) is 1.79. The van der Waals surface area contributed by atoms with E-state index in [9.17, 15) is 4.79 Å². The number of likely N-dealkylation sites (N-methyl/N-ethyl adjacent to an activating group) is 1. The van der Waals surface area contributed by atoms with Crippen LogP contribution >= 0.6 is 11.6 Å². The van der Waals surface area contributed by atoms with Crippen LogP contribution in [0.5, 0.6) is 0 Å². The molecule has 1 aromatic heterocycles. The molecular weight excluding hydrogens is 342 g/mol. The minimum Gasteiger partial charge on any atom is -0.480 e. The van der Waals surface area contributed by atoms with E-state index in [0.717, 1.165) is 36.1 Å². The molecule has 134 valence electrons. The fourth-order valence-electron chi connectivity index (χ4n) is 3.24. The van der Waals surface area contributed by atoms with Crippen LogP contribution in [-0.4, -0.2) is 71.8 Å². The molecular formula is C18H22ClN3O3. The fraction of sp³-hybridized carbons (Fsp3) is 0.444.